The Morgan fingerprint density at radius 3 is 2.61 bits per heavy atom. The van der Waals surface area contributed by atoms with Gasteiger partial charge in [-0.25, -0.2) is 4.79 Å². The summed E-state index contributed by atoms with van der Waals surface area (Å²) < 4.78 is 5.09. The van der Waals surface area contributed by atoms with E-state index < -0.39 is 10.8 Å². The number of allylic oxidation sites excluding steroid dienone is 1. The molecule has 0 aliphatic carbocycles. The molecule has 0 aliphatic rings. The largest absolute Gasteiger partial charge is 0.507 e. The number of carbonyl (C=O) groups is 1. The summed E-state index contributed by atoms with van der Waals surface area (Å²) in [5.41, 5.74) is 0.582. The van der Waals surface area contributed by atoms with Gasteiger partial charge in [-0.2, -0.15) is 0 Å². The van der Waals surface area contributed by atoms with Crippen LogP contribution in [-0.4, -0.2) is 45.6 Å². The minimum Gasteiger partial charge on any atom is -0.507 e. The molecule has 0 saturated heterocycles. The fourth-order valence-corrected chi connectivity index (χ4v) is 4.79. The number of phenols is 1. The molecule has 1 amide bonds. The second-order valence-electron chi connectivity index (χ2n) is 7.72. The molecule has 2 heterocycles. The molecule has 186 valence electrons. The smallest absolute Gasteiger partial charge is 0.328 e. The molecule has 0 bridgehead atoms. The summed E-state index contributed by atoms with van der Waals surface area (Å²) in [6.45, 7) is 4.06. The molecule has 0 spiro atoms. The van der Waals surface area contributed by atoms with Crippen LogP contribution >= 0.6 is 27.7 Å². The average Bonchev–Trinajstić information content (AvgIpc) is 3.33. The SMILES string of the molecule is C=CCn1c(SCC(=O)Nc2cc3c(cc2[N+](=O)[O-])n(C)c(=O)n3C)nnc1-c1cc(Br)ccc1O. The van der Waals surface area contributed by atoms with Crippen LogP contribution in [0.2, 0.25) is 0 Å². The number of benzene rings is 2. The van der Waals surface area contributed by atoms with Gasteiger partial charge in [0.05, 0.1) is 27.3 Å². The Bertz CT molecular complexity index is 1590. The summed E-state index contributed by atoms with van der Waals surface area (Å²) in [6, 6.07) is 7.59. The summed E-state index contributed by atoms with van der Waals surface area (Å²) in [6.07, 6.45) is 1.63. The van der Waals surface area contributed by atoms with Crippen LogP contribution in [0.5, 0.6) is 5.75 Å². The van der Waals surface area contributed by atoms with Gasteiger partial charge in [-0.05, 0) is 24.3 Å². The van der Waals surface area contributed by atoms with Gasteiger partial charge in [-0.3, -0.25) is 28.6 Å². The number of aryl methyl sites for hydroxylation is 2. The fourth-order valence-electron chi connectivity index (χ4n) is 3.68. The molecule has 4 rings (SSSR count). The third kappa shape index (κ3) is 4.64. The first-order valence-corrected chi connectivity index (χ1v) is 12.2. The fraction of sp³-hybridized carbons (Fsp3) is 0.182. The van der Waals surface area contributed by atoms with Crippen molar-refractivity contribution in [2.75, 3.05) is 11.1 Å². The monoisotopic (exact) mass is 573 g/mol. The van der Waals surface area contributed by atoms with E-state index in [0.717, 1.165) is 16.2 Å². The van der Waals surface area contributed by atoms with Crippen LogP contribution in [0.1, 0.15) is 0 Å². The first-order valence-electron chi connectivity index (χ1n) is 10.4. The molecule has 36 heavy (non-hydrogen) atoms. The summed E-state index contributed by atoms with van der Waals surface area (Å²) in [5, 5.41) is 33.2. The van der Waals surface area contributed by atoms with Crippen molar-refractivity contribution in [3.05, 3.63) is 68.1 Å². The van der Waals surface area contributed by atoms with E-state index in [1.54, 1.807) is 29.8 Å². The Balaban J connectivity index is 1.59. The number of imidazole rings is 1. The van der Waals surface area contributed by atoms with Crippen molar-refractivity contribution in [1.82, 2.24) is 23.9 Å². The van der Waals surface area contributed by atoms with Crippen molar-refractivity contribution in [3.8, 4) is 17.1 Å². The number of hydrogen-bond donors (Lipinski definition) is 2. The van der Waals surface area contributed by atoms with Gasteiger partial charge in [-0.1, -0.05) is 33.8 Å². The molecule has 2 aromatic heterocycles. The summed E-state index contributed by atoms with van der Waals surface area (Å²) in [4.78, 5) is 36.0. The zero-order valence-electron chi connectivity index (χ0n) is 19.1. The van der Waals surface area contributed by atoms with Crippen molar-refractivity contribution in [2.24, 2.45) is 14.1 Å². The lowest BCUT2D eigenvalue weighted by Crippen LogP contribution is -2.19. The average molecular weight is 574 g/mol. The molecular formula is C22H20BrN7O5S. The number of amides is 1. The molecule has 2 N–H and O–H groups in total. The number of hydrogen-bond acceptors (Lipinski definition) is 8. The van der Waals surface area contributed by atoms with Crippen molar-refractivity contribution in [2.45, 2.75) is 11.7 Å². The minimum atomic E-state index is -0.614. The highest BCUT2D eigenvalue weighted by Crippen LogP contribution is 2.33. The number of halogens is 1. The lowest BCUT2D eigenvalue weighted by Gasteiger charge is -2.10. The maximum Gasteiger partial charge on any atom is 0.328 e. The Morgan fingerprint density at radius 1 is 1.25 bits per heavy atom. The second kappa shape index (κ2) is 9.99. The van der Waals surface area contributed by atoms with Gasteiger partial charge in [0.25, 0.3) is 5.69 Å². The summed E-state index contributed by atoms with van der Waals surface area (Å²) in [5.74, 6) is -0.225. The van der Waals surface area contributed by atoms with Crippen molar-refractivity contribution in [1.29, 1.82) is 0 Å². The Morgan fingerprint density at radius 2 is 1.94 bits per heavy atom. The van der Waals surface area contributed by atoms with E-state index >= 15 is 0 Å². The van der Waals surface area contributed by atoms with Crippen LogP contribution in [0.3, 0.4) is 0 Å². The molecule has 0 atom stereocenters. The van der Waals surface area contributed by atoms with Crippen molar-refractivity contribution in [3.63, 3.8) is 0 Å². The minimum absolute atomic E-state index is 0.0169. The zero-order valence-corrected chi connectivity index (χ0v) is 21.5. The topological polar surface area (TPSA) is 150 Å². The number of nitro groups is 1. The molecule has 0 saturated carbocycles. The first-order chi connectivity index (χ1) is 17.1. The van der Waals surface area contributed by atoms with E-state index in [2.05, 4.69) is 38.0 Å². The number of carbonyl (C=O) groups excluding carboxylic acids is 1. The van der Waals surface area contributed by atoms with Gasteiger partial charge in [0.2, 0.25) is 5.91 Å². The lowest BCUT2D eigenvalue weighted by atomic mass is 10.2. The first kappa shape index (κ1) is 25.2. The van der Waals surface area contributed by atoms with Gasteiger partial charge < -0.3 is 10.4 Å². The predicted octanol–water partition coefficient (Wildman–Crippen LogP) is 3.43. The van der Waals surface area contributed by atoms with Crippen LogP contribution in [0.15, 0.2) is 57.4 Å². The van der Waals surface area contributed by atoms with E-state index in [4.69, 9.17) is 0 Å². The number of aromatic nitrogens is 5. The molecule has 0 radical (unpaired) electrons. The summed E-state index contributed by atoms with van der Waals surface area (Å²) >= 11 is 4.45. The van der Waals surface area contributed by atoms with E-state index in [9.17, 15) is 24.8 Å². The van der Waals surface area contributed by atoms with E-state index in [0.29, 0.717) is 34.1 Å². The molecule has 14 heteroatoms. The lowest BCUT2D eigenvalue weighted by molar-refractivity contribution is -0.383. The predicted molar refractivity (Wildman–Crippen MR) is 139 cm³/mol. The number of anilines is 1. The molecular weight excluding hydrogens is 554 g/mol. The standard InChI is InChI=1S/C22H20BrN7O5S/c1-4-7-29-20(13-8-12(23)5-6-18(13)31)25-26-21(29)36-11-19(32)24-14-9-16-17(10-15(14)30(34)35)28(3)22(33)27(16)2/h4-6,8-10,31H,1,7,11H2,2-3H3,(H,24,32). The number of fused-ring (bicyclic) bond motifs is 1. The summed E-state index contributed by atoms with van der Waals surface area (Å²) in [7, 11) is 3.07. The highest BCUT2D eigenvalue weighted by Gasteiger charge is 2.22. The molecule has 0 fully saturated rings. The van der Waals surface area contributed by atoms with Gasteiger partial charge in [0.15, 0.2) is 11.0 Å². The van der Waals surface area contributed by atoms with Crippen LogP contribution in [0, 0.1) is 10.1 Å². The number of nitrogens with zero attached hydrogens (tertiary/aromatic N) is 6. The Kier molecular flexibility index (Phi) is 6.99. The third-order valence-corrected chi connectivity index (χ3v) is 6.88. The maximum absolute atomic E-state index is 12.7. The van der Waals surface area contributed by atoms with E-state index in [-0.39, 0.29) is 28.6 Å². The van der Waals surface area contributed by atoms with Crippen LogP contribution in [0.25, 0.3) is 22.4 Å². The Labute approximate surface area is 216 Å². The second-order valence-corrected chi connectivity index (χ2v) is 9.58. The van der Waals surface area contributed by atoms with Crippen molar-refractivity contribution >= 4 is 56.0 Å². The van der Waals surface area contributed by atoms with Gasteiger partial charge >= 0.3 is 5.69 Å². The van der Waals surface area contributed by atoms with Crippen molar-refractivity contribution < 1.29 is 14.8 Å². The number of nitro benzene ring substituents is 1. The molecule has 0 aliphatic heterocycles. The highest BCUT2D eigenvalue weighted by atomic mass is 79.9. The quantitative estimate of drug-likeness (QED) is 0.141. The highest BCUT2D eigenvalue weighted by molar-refractivity contribution is 9.10. The van der Waals surface area contributed by atoms with Crippen LogP contribution in [-0.2, 0) is 25.4 Å². The van der Waals surface area contributed by atoms with E-state index in [1.807, 2.05) is 0 Å². The number of aromatic hydroxyl groups is 1. The zero-order chi connectivity index (χ0) is 26.1. The number of nitrogens with one attached hydrogen (secondary N) is 1. The maximum atomic E-state index is 12.7. The van der Waals surface area contributed by atoms with Crippen LogP contribution in [0.4, 0.5) is 11.4 Å². The normalized spacial score (nSPS) is 11.1. The van der Waals surface area contributed by atoms with Crippen LogP contribution < -0.4 is 11.0 Å². The number of phenolic OH excluding ortho intramolecular Hbond substituents is 1. The molecule has 2 aromatic carbocycles. The number of thioether (sulfide) groups is 1. The molecule has 12 nitrogen and oxygen atoms in total. The third-order valence-electron chi connectivity index (χ3n) is 5.42. The van der Waals surface area contributed by atoms with Gasteiger partial charge in [-0.15, -0.1) is 16.8 Å². The molecule has 0 unspecified atom stereocenters. The van der Waals surface area contributed by atoms with Gasteiger partial charge in [0.1, 0.15) is 11.4 Å². The Hall–Kier alpha value is -3.91. The molecule has 4 aromatic rings. The van der Waals surface area contributed by atoms with Gasteiger partial charge in [0, 0.05) is 31.2 Å². The number of rotatable bonds is 8. The van der Waals surface area contributed by atoms with E-state index in [1.165, 1.54) is 34.4 Å².